The Kier molecular flexibility index (Phi) is 6.18. The zero-order valence-electron chi connectivity index (χ0n) is 10.9. The summed E-state index contributed by atoms with van der Waals surface area (Å²) in [5, 5.41) is 2.88. The summed E-state index contributed by atoms with van der Waals surface area (Å²) in [6.45, 7) is 8.23. The lowest BCUT2D eigenvalue weighted by Crippen LogP contribution is -2.49. The predicted octanol–water partition coefficient (Wildman–Crippen LogP) is 0.633. The molecule has 16 heavy (non-hydrogen) atoms. The molecule has 4 nitrogen and oxygen atoms in total. The van der Waals surface area contributed by atoms with Crippen molar-refractivity contribution in [3.8, 4) is 0 Å². The number of rotatable bonds is 5. The third kappa shape index (κ3) is 5.61. The third-order valence-electron chi connectivity index (χ3n) is 2.63. The van der Waals surface area contributed by atoms with Crippen molar-refractivity contribution in [3.05, 3.63) is 0 Å². The number of hydrogen-bond acceptors (Lipinski definition) is 3. The van der Waals surface area contributed by atoms with E-state index in [4.69, 9.17) is 5.73 Å². The Morgan fingerprint density at radius 2 is 1.94 bits per heavy atom. The molecule has 0 aromatic rings. The van der Waals surface area contributed by atoms with Gasteiger partial charge in [0, 0.05) is 28.9 Å². The Labute approximate surface area is 101 Å². The highest BCUT2D eigenvalue weighted by molar-refractivity contribution is 7.84. The van der Waals surface area contributed by atoms with E-state index in [-0.39, 0.29) is 16.6 Å². The summed E-state index contributed by atoms with van der Waals surface area (Å²) in [5.41, 5.74) is 5.57. The van der Waals surface area contributed by atoms with Gasteiger partial charge in [0.25, 0.3) is 0 Å². The van der Waals surface area contributed by atoms with Crippen LogP contribution in [0.3, 0.4) is 0 Å². The van der Waals surface area contributed by atoms with Crippen molar-refractivity contribution in [2.75, 3.05) is 12.8 Å². The normalized spacial score (nSPS) is 17.6. The van der Waals surface area contributed by atoms with Crippen molar-refractivity contribution in [2.24, 2.45) is 11.1 Å². The van der Waals surface area contributed by atoms with Gasteiger partial charge in [-0.25, -0.2) is 0 Å². The summed E-state index contributed by atoms with van der Waals surface area (Å²) in [6.07, 6.45) is 2.39. The van der Waals surface area contributed by atoms with Gasteiger partial charge in [0.05, 0.1) is 6.04 Å². The molecular formula is C11H24N2O2S. The van der Waals surface area contributed by atoms with Crippen LogP contribution in [-0.2, 0) is 15.6 Å². The van der Waals surface area contributed by atoms with Crippen molar-refractivity contribution in [1.29, 1.82) is 0 Å². The number of amides is 1. The maximum Gasteiger partial charge on any atom is 0.237 e. The molecule has 3 atom stereocenters. The molecule has 0 aliphatic heterocycles. The highest BCUT2D eigenvalue weighted by atomic mass is 32.2. The standard InChI is InChI=1S/C11H24N2O2S/c1-8(16(5)15)6-7-13-10(14)9(12)11(2,3)4/h8-9H,6-7,12H2,1-5H3,(H,13,14)/t8?,9-,16?/m0/s1. The molecule has 0 fully saturated rings. The van der Waals surface area contributed by atoms with Crippen LogP contribution in [0, 0.1) is 5.41 Å². The van der Waals surface area contributed by atoms with E-state index in [2.05, 4.69) is 5.32 Å². The van der Waals surface area contributed by atoms with Crippen molar-refractivity contribution >= 4 is 16.7 Å². The van der Waals surface area contributed by atoms with E-state index in [0.717, 1.165) is 0 Å². The third-order valence-corrected chi connectivity index (χ3v) is 4.00. The predicted molar refractivity (Wildman–Crippen MR) is 68.6 cm³/mol. The Balaban J connectivity index is 3.96. The Morgan fingerprint density at radius 1 is 1.44 bits per heavy atom. The maximum absolute atomic E-state index is 11.6. The van der Waals surface area contributed by atoms with E-state index in [1.807, 2.05) is 27.7 Å². The van der Waals surface area contributed by atoms with Gasteiger partial charge < -0.3 is 11.1 Å². The lowest BCUT2D eigenvalue weighted by molar-refractivity contribution is -0.124. The van der Waals surface area contributed by atoms with Crippen LogP contribution < -0.4 is 11.1 Å². The summed E-state index contributed by atoms with van der Waals surface area (Å²) < 4.78 is 11.1. The van der Waals surface area contributed by atoms with Gasteiger partial charge in [-0.3, -0.25) is 9.00 Å². The van der Waals surface area contributed by atoms with Gasteiger partial charge in [-0.05, 0) is 11.8 Å². The fraction of sp³-hybridized carbons (Fsp3) is 0.909. The van der Waals surface area contributed by atoms with Crippen LogP contribution in [0.25, 0.3) is 0 Å². The minimum atomic E-state index is -0.835. The second-order valence-corrected chi connectivity index (χ2v) is 7.03. The molecule has 0 aromatic carbocycles. The average molecular weight is 248 g/mol. The monoisotopic (exact) mass is 248 g/mol. The van der Waals surface area contributed by atoms with Crippen LogP contribution in [0.1, 0.15) is 34.1 Å². The van der Waals surface area contributed by atoms with Gasteiger partial charge in [0.15, 0.2) is 0 Å². The molecular weight excluding hydrogens is 224 g/mol. The van der Waals surface area contributed by atoms with Crippen LogP contribution >= 0.6 is 0 Å². The molecule has 0 saturated carbocycles. The largest absolute Gasteiger partial charge is 0.355 e. The topological polar surface area (TPSA) is 72.2 Å². The quantitative estimate of drug-likeness (QED) is 0.749. The van der Waals surface area contributed by atoms with Crippen molar-refractivity contribution in [1.82, 2.24) is 5.32 Å². The summed E-state index contributed by atoms with van der Waals surface area (Å²) in [7, 11) is -0.835. The van der Waals surface area contributed by atoms with Gasteiger partial charge in [0.1, 0.15) is 0 Å². The summed E-state index contributed by atoms with van der Waals surface area (Å²) in [5.74, 6) is -0.137. The molecule has 2 unspecified atom stereocenters. The first-order chi connectivity index (χ1) is 7.16. The van der Waals surface area contributed by atoms with Crippen molar-refractivity contribution in [3.63, 3.8) is 0 Å². The van der Waals surface area contributed by atoms with E-state index < -0.39 is 16.8 Å². The van der Waals surface area contributed by atoms with E-state index in [9.17, 15) is 9.00 Å². The minimum Gasteiger partial charge on any atom is -0.355 e. The van der Waals surface area contributed by atoms with Crippen LogP contribution in [0.2, 0.25) is 0 Å². The van der Waals surface area contributed by atoms with E-state index in [1.54, 1.807) is 6.26 Å². The zero-order chi connectivity index (χ0) is 12.9. The first-order valence-corrected chi connectivity index (χ1v) is 7.14. The van der Waals surface area contributed by atoms with E-state index in [0.29, 0.717) is 13.0 Å². The smallest absolute Gasteiger partial charge is 0.237 e. The first-order valence-electron chi connectivity index (χ1n) is 5.51. The lowest BCUT2D eigenvalue weighted by atomic mass is 9.87. The molecule has 0 rings (SSSR count). The Bertz CT molecular complexity index is 261. The molecule has 0 spiro atoms. The van der Waals surface area contributed by atoms with E-state index in [1.165, 1.54) is 0 Å². The van der Waals surface area contributed by atoms with Crippen LogP contribution in [0.4, 0.5) is 0 Å². The molecule has 3 N–H and O–H groups in total. The van der Waals surface area contributed by atoms with Gasteiger partial charge in [-0.2, -0.15) is 0 Å². The average Bonchev–Trinajstić information content (AvgIpc) is 2.14. The number of nitrogens with one attached hydrogen (secondary N) is 1. The van der Waals surface area contributed by atoms with Crippen LogP contribution in [0.15, 0.2) is 0 Å². The van der Waals surface area contributed by atoms with Crippen LogP contribution in [-0.4, -0.2) is 34.2 Å². The second-order valence-electron chi connectivity index (χ2n) is 5.23. The Morgan fingerprint density at radius 3 is 2.31 bits per heavy atom. The number of carbonyl (C=O) groups excluding carboxylic acids is 1. The van der Waals surface area contributed by atoms with Crippen molar-refractivity contribution in [2.45, 2.75) is 45.4 Å². The maximum atomic E-state index is 11.6. The molecule has 0 aliphatic carbocycles. The fourth-order valence-electron chi connectivity index (χ4n) is 1.07. The fourth-order valence-corrected chi connectivity index (χ4v) is 1.52. The molecule has 96 valence electrons. The first kappa shape index (κ1) is 15.6. The van der Waals surface area contributed by atoms with Crippen molar-refractivity contribution < 1.29 is 9.00 Å². The molecule has 5 heteroatoms. The van der Waals surface area contributed by atoms with Gasteiger partial charge >= 0.3 is 0 Å². The van der Waals surface area contributed by atoms with Gasteiger partial charge in [-0.1, -0.05) is 27.7 Å². The molecule has 1 amide bonds. The minimum absolute atomic E-state index is 0.103. The van der Waals surface area contributed by atoms with E-state index >= 15 is 0 Å². The Hall–Kier alpha value is -0.420. The number of carbonyl (C=O) groups is 1. The molecule has 0 saturated heterocycles. The SMILES string of the molecule is CC(CCNC(=O)[C@H](N)C(C)(C)C)S(C)=O. The summed E-state index contributed by atoms with van der Waals surface area (Å²) >= 11 is 0. The van der Waals surface area contributed by atoms with Gasteiger partial charge in [0.2, 0.25) is 5.91 Å². The highest BCUT2D eigenvalue weighted by Crippen LogP contribution is 2.17. The molecule has 0 bridgehead atoms. The molecule has 0 aliphatic rings. The lowest BCUT2D eigenvalue weighted by Gasteiger charge is -2.26. The summed E-state index contributed by atoms with van der Waals surface area (Å²) in [6, 6.07) is -0.505. The second kappa shape index (κ2) is 6.35. The zero-order valence-corrected chi connectivity index (χ0v) is 11.7. The molecule has 0 heterocycles. The number of hydrogen-bond donors (Lipinski definition) is 2. The molecule has 0 radical (unpaired) electrons. The van der Waals surface area contributed by atoms with Crippen LogP contribution in [0.5, 0.6) is 0 Å². The summed E-state index contributed by atoms with van der Waals surface area (Å²) in [4.78, 5) is 11.6. The highest BCUT2D eigenvalue weighted by Gasteiger charge is 2.27. The molecule has 0 aromatic heterocycles. The van der Waals surface area contributed by atoms with Gasteiger partial charge in [-0.15, -0.1) is 0 Å². The number of nitrogens with two attached hydrogens (primary N) is 1.